The van der Waals surface area contributed by atoms with Crippen LogP contribution in [0.5, 0.6) is 0 Å². The van der Waals surface area contributed by atoms with Crippen LogP contribution in [-0.4, -0.2) is 17.4 Å². The molecule has 92 valence electrons. The Morgan fingerprint density at radius 1 is 1.56 bits per heavy atom. The van der Waals surface area contributed by atoms with E-state index in [2.05, 4.69) is 16.9 Å². The van der Waals surface area contributed by atoms with E-state index in [9.17, 15) is 4.79 Å². The first-order valence-corrected chi connectivity index (χ1v) is 5.68. The molecule has 0 aliphatic rings. The van der Waals surface area contributed by atoms with Gasteiger partial charge in [0.2, 0.25) is 0 Å². The zero-order chi connectivity index (χ0) is 13.1. The summed E-state index contributed by atoms with van der Waals surface area (Å²) in [5.41, 5.74) is 7.96. The van der Waals surface area contributed by atoms with Gasteiger partial charge in [0.15, 0.2) is 0 Å². The van der Waals surface area contributed by atoms with Crippen molar-refractivity contribution < 1.29 is 4.79 Å². The molecule has 2 rings (SSSR count). The number of carbonyl (C=O) groups is 1. The molecule has 0 fully saturated rings. The van der Waals surface area contributed by atoms with Gasteiger partial charge in [0, 0.05) is 29.2 Å². The van der Waals surface area contributed by atoms with E-state index in [1.807, 2.05) is 25.1 Å². The molecule has 1 amide bonds. The molecule has 0 aliphatic heterocycles. The van der Waals surface area contributed by atoms with E-state index in [1.54, 1.807) is 12.3 Å². The van der Waals surface area contributed by atoms with E-state index in [4.69, 9.17) is 5.73 Å². The molecule has 1 aromatic heterocycles. The smallest absolute Gasteiger partial charge is 0.270 e. The molecule has 0 spiro atoms. The summed E-state index contributed by atoms with van der Waals surface area (Å²) in [5, 5.41) is 4.38. The van der Waals surface area contributed by atoms with Crippen LogP contribution in [0.1, 0.15) is 16.1 Å². The van der Waals surface area contributed by atoms with E-state index in [0.29, 0.717) is 17.9 Å². The number of nitrogens with zero attached hydrogens (tertiary/aromatic N) is 1. The molecule has 0 aliphatic carbocycles. The molecule has 0 saturated heterocycles. The second kappa shape index (κ2) is 4.87. The van der Waals surface area contributed by atoms with Crippen molar-refractivity contribution in [2.45, 2.75) is 6.92 Å². The molecule has 2 aromatic rings. The number of aryl methyl sites for hydroxylation is 1. The first-order valence-electron chi connectivity index (χ1n) is 5.68. The Balaban J connectivity index is 2.59. The summed E-state index contributed by atoms with van der Waals surface area (Å²) in [5.74, 6) is -0.217. The highest BCUT2D eigenvalue weighted by atomic mass is 16.1. The Morgan fingerprint density at radius 3 is 3.06 bits per heavy atom. The van der Waals surface area contributed by atoms with Crippen LogP contribution in [0.15, 0.2) is 37.1 Å². The van der Waals surface area contributed by atoms with Gasteiger partial charge in [-0.3, -0.25) is 9.78 Å². The summed E-state index contributed by atoms with van der Waals surface area (Å²) in [7, 11) is 0. The predicted molar refractivity (Wildman–Crippen MR) is 73.4 cm³/mol. The normalized spacial score (nSPS) is 10.3. The maximum atomic E-state index is 12.0. The van der Waals surface area contributed by atoms with Crippen molar-refractivity contribution in [3.05, 3.63) is 48.3 Å². The van der Waals surface area contributed by atoms with Gasteiger partial charge in [-0.05, 0) is 18.6 Å². The van der Waals surface area contributed by atoms with Crippen LogP contribution in [0.4, 0.5) is 5.69 Å². The van der Waals surface area contributed by atoms with Crippen molar-refractivity contribution in [1.82, 2.24) is 10.3 Å². The van der Waals surface area contributed by atoms with Crippen molar-refractivity contribution in [2.75, 3.05) is 12.3 Å². The van der Waals surface area contributed by atoms with Crippen molar-refractivity contribution >= 4 is 22.4 Å². The lowest BCUT2D eigenvalue weighted by atomic mass is 10.0. The number of amides is 1. The molecule has 0 unspecified atom stereocenters. The lowest BCUT2D eigenvalue weighted by molar-refractivity contribution is 0.0955. The van der Waals surface area contributed by atoms with Crippen LogP contribution >= 0.6 is 0 Å². The molecule has 1 aromatic carbocycles. The topological polar surface area (TPSA) is 68.0 Å². The second-order valence-electron chi connectivity index (χ2n) is 4.06. The van der Waals surface area contributed by atoms with E-state index < -0.39 is 0 Å². The van der Waals surface area contributed by atoms with Crippen molar-refractivity contribution in [2.24, 2.45) is 0 Å². The summed E-state index contributed by atoms with van der Waals surface area (Å²) >= 11 is 0. The van der Waals surface area contributed by atoms with Crippen LogP contribution in [-0.2, 0) is 0 Å². The standard InChI is InChI=1S/C14H15N3O/c1-3-7-16-14(18)13-10-5-4-6-11(15)12(10)9(2)8-17-13/h3-6,8H,1,7,15H2,2H3,(H,16,18). The molecule has 0 bridgehead atoms. The van der Waals surface area contributed by atoms with Crippen molar-refractivity contribution in [3.8, 4) is 0 Å². The number of carbonyl (C=O) groups excluding carboxylic acids is 1. The largest absolute Gasteiger partial charge is 0.398 e. The van der Waals surface area contributed by atoms with Gasteiger partial charge in [0.1, 0.15) is 5.69 Å². The van der Waals surface area contributed by atoms with E-state index >= 15 is 0 Å². The summed E-state index contributed by atoms with van der Waals surface area (Å²) in [4.78, 5) is 16.2. The van der Waals surface area contributed by atoms with Gasteiger partial charge in [-0.25, -0.2) is 0 Å². The molecule has 18 heavy (non-hydrogen) atoms. The van der Waals surface area contributed by atoms with Gasteiger partial charge in [0.25, 0.3) is 5.91 Å². The van der Waals surface area contributed by atoms with Crippen LogP contribution < -0.4 is 11.1 Å². The molecule has 1 heterocycles. The number of fused-ring (bicyclic) bond motifs is 1. The number of nitrogen functional groups attached to an aromatic ring is 1. The predicted octanol–water partition coefficient (Wildman–Crippen LogP) is 2.04. The Kier molecular flexibility index (Phi) is 3.28. The Bertz CT molecular complexity index is 611. The number of hydrogen-bond acceptors (Lipinski definition) is 3. The summed E-state index contributed by atoms with van der Waals surface area (Å²) in [6.45, 7) is 5.90. The lowest BCUT2D eigenvalue weighted by Gasteiger charge is -2.09. The third kappa shape index (κ3) is 2.05. The minimum absolute atomic E-state index is 0.217. The number of benzene rings is 1. The minimum atomic E-state index is -0.217. The van der Waals surface area contributed by atoms with Crippen LogP contribution in [0.2, 0.25) is 0 Å². The van der Waals surface area contributed by atoms with Gasteiger partial charge in [-0.2, -0.15) is 0 Å². The quantitative estimate of drug-likeness (QED) is 0.638. The van der Waals surface area contributed by atoms with Gasteiger partial charge in [0.05, 0.1) is 0 Å². The first kappa shape index (κ1) is 12.1. The van der Waals surface area contributed by atoms with Crippen LogP contribution in [0, 0.1) is 6.92 Å². The average molecular weight is 241 g/mol. The summed E-state index contributed by atoms with van der Waals surface area (Å²) in [6.07, 6.45) is 3.30. The van der Waals surface area contributed by atoms with Gasteiger partial charge in [-0.15, -0.1) is 6.58 Å². The Labute approximate surface area is 106 Å². The second-order valence-corrected chi connectivity index (χ2v) is 4.06. The fourth-order valence-corrected chi connectivity index (χ4v) is 1.93. The lowest BCUT2D eigenvalue weighted by Crippen LogP contribution is -2.24. The van der Waals surface area contributed by atoms with E-state index in [-0.39, 0.29) is 5.91 Å². The number of nitrogens with two attached hydrogens (primary N) is 1. The Morgan fingerprint density at radius 2 is 2.33 bits per heavy atom. The molecule has 3 N–H and O–H groups in total. The molecule has 0 saturated carbocycles. The SMILES string of the molecule is C=CCNC(=O)c1ncc(C)c2c(N)cccc12. The minimum Gasteiger partial charge on any atom is -0.398 e. The molecule has 4 heteroatoms. The number of nitrogens with one attached hydrogen (secondary N) is 1. The maximum absolute atomic E-state index is 12.0. The number of pyridine rings is 1. The molecular weight excluding hydrogens is 226 g/mol. The fourth-order valence-electron chi connectivity index (χ4n) is 1.93. The van der Waals surface area contributed by atoms with E-state index in [1.165, 1.54) is 0 Å². The average Bonchev–Trinajstić information content (AvgIpc) is 2.36. The number of anilines is 1. The number of aromatic nitrogens is 1. The number of rotatable bonds is 3. The monoisotopic (exact) mass is 241 g/mol. The highest BCUT2D eigenvalue weighted by molar-refractivity contribution is 6.09. The Hall–Kier alpha value is -2.36. The zero-order valence-electron chi connectivity index (χ0n) is 10.2. The van der Waals surface area contributed by atoms with Crippen LogP contribution in [0.25, 0.3) is 10.8 Å². The molecule has 0 atom stereocenters. The molecular formula is C14H15N3O. The highest BCUT2D eigenvalue weighted by Gasteiger charge is 2.13. The summed E-state index contributed by atoms with van der Waals surface area (Å²) in [6, 6.07) is 5.50. The third-order valence-corrected chi connectivity index (χ3v) is 2.76. The highest BCUT2D eigenvalue weighted by Crippen LogP contribution is 2.25. The fraction of sp³-hybridized carbons (Fsp3) is 0.143. The van der Waals surface area contributed by atoms with Gasteiger partial charge >= 0.3 is 0 Å². The third-order valence-electron chi connectivity index (χ3n) is 2.76. The number of hydrogen-bond donors (Lipinski definition) is 2. The molecule has 4 nitrogen and oxygen atoms in total. The molecule has 0 radical (unpaired) electrons. The van der Waals surface area contributed by atoms with Gasteiger partial charge in [-0.1, -0.05) is 18.2 Å². The zero-order valence-corrected chi connectivity index (χ0v) is 10.2. The first-order chi connectivity index (χ1) is 8.65. The van der Waals surface area contributed by atoms with Crippen molar-refractivity contribution in [1.29, 1.82) is 0 Å². The van der Waals surface area contributed by atoms with Crippen LogP contribution in [0.3, 0.4) is 0 Å². The van der Waals surface area contributed by atoms with E-state index in [0.717, 1.165) is 16.3 Å². The summed E-state index contributed by atoms with van der Waals surface area (Å²) < 4.78 is 0. The maximum Gasteiger partial charge on any atom is 0.270 e. The van der Waals surface area contributed by atoms with Gasteiger partial charge < -0.3 is 11.1 Å². The van der Waals surface area contributed by atoms with Crippen molar-refractivity contribution in [3.63, 3.8) is 0 Å².